The van der Waals surface area contributed by atoms with Crippen molar-refractivity contribution in [2.45, 2.75) is 6.54 Å². The molecule has 1 aliphatic heterocycles. The molecule has 0 unspecified atom stereocenters. The molecule has 0 aromatic heterocycles. The molecule has 2 amide bonds. The summed E-state index contributed by atoms with van der Waals surface area (Å²) in [5.74, 6) is -1.03. The number of benzene rings is 2. The topological polar surface area (TPSA) is 52.7 Å². The molecule has 146 valence electrons. The molecular formula is C22H24ClN3O2. The Morgan fingerprint density at radius 2 is 1.64 bits per heavy atom. The first-order chi connectivity index (χ1) is 13.6. The standard InChI is InChI=1S/C22H24ClN3O2/c23-20-10-8-19(9-11-20)17-24-21(27)22(28)26-15-13-25(14-16-26)12-4-7-18-5-2-1-3-6-18/h1-11H,12-17H2,(H,24,27)/b7-4+. The van der Waals surface area contributed by atoms with E-state index in [9.17, 15) is 9.59 Å². The predicted molar refractivity (Wildman–Crippen MR) is 112 cm³/mol. The maximum absolute atomic E-state index is 12.3. The minimum absolute atomic E-state index is 0.311. The third-order valence-corrected chi connectivity index (χ3v) is 4.95. The Hall–Kier alpha value is -2.63. The molecule has 0 saturated carbocycles. The summed E-state index contributed by atoms with van der Waals surface area (Å²) in [5.41, 5.74) is 2.08. The Bertz CT molecular complexity index is 813. The van der Waals surface area contributed by atoms with Crippen LogP contribution in [0.15, 0.2) is 60.7 Å². The van der Waals surface area contributed by atoms with Crippen LogP contribution in [0.4, 0.5) is 0 Å². The molecule has 0 spiro atoms. The molecule has 6 heteroatoms. The van der Waals surface area contributed by atoms with E-state index in [1.807, 2.05) is 30.3 Å². The van der Waals surface area contributed by atoms with Crippen molar-refractivity contribution in [1.29, 1.82) is 0 Å². The van der Waals surface area contributed by atoms with Crippen molar-refractivity contribution in [1.82, 2.24) is 15.1 Å². The molecule has 0 aliphatic carbocycles. The number of hydrogen-bond acceptors (Lipinski definition) is 3. The zero-order chi connectivity index (χ0) is 19.8. The van der Waals surface area contributed by atoms with E-state index in [0.717, 1.165) is 25.2 Å². The summed E-state index contributed by atoms with van der Waals surface area (Å²) in [6.45, 7) is 3.79. The Kier molecular flexibility index (Phi) is 7.23. The van der Waals surface area contributed by atoms with Crippen molar-refractivity contribution in [3.63, 3.8) is 0 Å². The fourth-order valence-electron chi connectivity index (χ4n) is 3.04. The van der Waals surface area contributed by atoms with Gasteiger partial charge in [-0.2, -0.15) is 0 Å². The Morgan fingerprint density at radius 1 is 0.964 bits per heavy atom. The minimum atomic E-state index is -0.563. The first-order valence-corrected chi connectivity index (χ1v) is 9.75. The van der Waals surface area contributed by atoms with Crippen molar-refractivity contribution in [2.75, 3.05) is 32.7 Å². The molecular weight excluding hydrogens is 374 g/mol. The Labute approximate surface area is 170 Å². The Morgan fingerprint density at radius 3 is 2.32 bits per heavy atom. The number of carbonyl (C=O) groups excluding carboxylic acids is 2. The van der Waals surface area contributed by atoms with Crippen molar-refractivity contribution >= 4 is 29.5 Å². The number of halogens is 1. The van der Waals surface area contributed by atoms with Crippen molar-refractivity contribution < 1.29 is 9.59 Å². The van der Waals surface area contributed by atoms with E-state index in [1.54, 1.807) is 17.0 Å². The lowest BCUT2D eigenvalue weighted by atomic mass is 10.2. The molecule has 1 saturated heterocycles. The van der Waals surface area contributed by atoms with Gasteiger partial charge in [-0.05, 0) is 23.3 Å². The van der Waals surface area contributed by atoms with Crippen molar-refractivity contribution in [3.05, 3.63) is 76.8 Å². The van der Waals surface area contributed by atoms with E-state index < -0.39 is 11.8 Å². The third-order valence-electron chi connectivity index (χ3n) is 4.69. The van der Waals surface area contributed by atoms with Crippen LogP contribution in [-0.2, 0) is 16.1 Å². The van der Waals surface area contributed by atoms with Crippen LogP contribution in [0.2, 0.25) is 5.02 Å². The van der Waals surface area contributed by atoms with Gasteiger partial charge in [0.25, 0.3) is 0 Å². The third kappa shape index (κ3) is 5.94. The van der Waals surface area contributed by atoms with Gasteiger partial charge >= 0.3 is 11.8 Å². The van der Waals surface area contributed by atoms with Gasteiger partial charge in [-0.3, -0.25) is 14.5 Å². The van der Waals surface area contributed by atoms with Gasteiger partial charge in [0, 0.05) is 44.3 Å². The SMILES string of the molecule is O=C(NCc1ccc(Cl)cc1)C(=O)N1CCN(C/C=C/c2ccccc2)CC1. The van der Waals surface area contributed by atoms with Gasteiger partial charge in [-0.1, -0.05) is 66.2 Å². The summed E-state index contributed by atoms with van der Waals surface area (Å²) in [7, 11) is 0. The fourth-order valence-corrected chi connectivity index (χ4v) is 3.17. The molecule has 1 fully saturated rings. The second-order valence-electron chi connectivity index (χ2n) is 6.72. The number of carbonyl (C=O) groups is 2. The van der Waals surface area contributed by atoms with Crippen LogP contribution >= 0.6 is 11.6 Å². The fraction of sp³-hybridized carbons (Fsp3) is 0.273. The van der Waals surface area contributed by atoms with E-state index in [1.165, 1.54) is 5.56 Å². The first-order valence-electron chi connectivity index (χ1n) is 9.37. The number of rotatable bonds is 5. The predicted octanol–water partition coefficient (Wildman–Crippen LogP) is 2.81. The van der Waals surface area contributed by atoms with Crippen molar-refractivity contribution in [3.8, 4) is 0 Å². The molecule has 2 aromatic carbocycles. The van der Waals surface area contributed by atoms with Gasteiger partial charge in [-0.25, -0.2) is 0 Å². The number of nitrogens with zero attached hydrogens (tertiary/aromatic N) is 2. The monoisotopic (exact) mass is 397 g/mol. The summed E-state index contributed by atoms with van der Waals surface area (Å²) >= 11 is 5.84. The van der Waals surface area contributed by atoms with Crippen molar-refractivity contribution in [2.24, 2.45) is 0 Å². The highest BCUT2D eigenvalue weighted by atomic mass is 35.5. The van der Waals surface area contributed by atoms with Crippen LogP contribution in [0.3, 0.4) is 0 Å². The maximum Gasteiger partial charge on any atom is 0.311 e. The van der Waals surface area contributed by atoms with Crippen LogP contribution in [-0.4, -0.2) is 54.3 Å². The van der Waals surface area contributed by atoms with Gasteiger partial charge < -0.3 is 10.2 Å². The highest BCUT2D eigenvalue weighted by Gasteiger charge is 2.25. The molecule has 2 aromatic rings. The average molecular weight is 398 g/mol. The van der Waals surface area contributed by atoms with Crippen LogP contribution in [0.1, 0.15) is 11.1 Å². The van der Waals surface area contributed by atoms with Crippen LogP contribution in [0.5, 0.6) is 0 Å². The Balaban J connectivity index is 1.39. The van der Waals surface area contributed by atoms with E-state index in [2.05, 4.69) is 34.5 Å². The second kappa shape index (κ2) is 10.1. The number of piperazine rings is 1. The highest BCUT2D eigenvalue weighted by molar-refractivity contribution is 6.35. The van der Waals surface area contributed by atoms with Crippen LogP contribution in [0, 0.1) is 0 Å². The minimum Gasteiger partial charge on any atom is -0.344 e. The average Bonchev–Trinajstić information content (AvgIpc) is 2.74. The lowest BCUT2D eigenvalue weighted by Gasteiger charge is -2.33. The quantitative estimate of drug-likeness (QED) is 0.789. The first kappa shape index (κ1) is 20.1. The van der Waals surface area contributed by atoms with E-state index in [4.69, 9.17) is 11.6 Å². The molecule has 5 nitrogen and oxygen atoms in total. The highest BCUT2D eigenvalue weighted by Crippen LogP contribution is 2.09. The summed E-state index contributed by atoms with van der Waals surface area (Å²) < 4.78 is 0. The molecule has 0 atom stereocenters. The van der Waals surface area contributed by atoms with Gasteiger partial charge in [0.2, 0.25) is 0 Å². The van der Waals surface area contributed by atoms with Gasteiger partial charge in [-0.15, -0.1) is 0 Å². The summed E-state index contributed by atoms with van der Waals surface area (Å²) in [5, 5.41) is 3.32. The van der Waals surface area contributed by atoms with E-state index in [0.29, 0.717) is 24.7 Å². The zero-order valence-corrected chi connectivity index (χ0v) is 16.4. The van der Waals surface area contributed by atoms with Crippen LogP contribution < -0.4 is 5.32 Å². The molecule has 28 heavy (non-hydrogen) atoms. The van der Waals surface area contributed by atoms with Crippen LogP contribution in [0.25, 0.3) is 6.08 Å². The lowest BCUT2D eigenvalue weighted by molar-refractivity contribution is -0.147. The number of amides is 2. The van der Waals surface area contributed by atoms with Gasteiger partial charge in [0.15, 0.2) is 0 Å². The van der Waals surface area contributed by atoms with E-state index >= 15 is 0 Å². The summed E-state index contributed by atoms with van der Waals surface area (Å²) in [4.78, 5) is 28.4. The molecule has 3 rings (SSSR count). The molecule has 1 aliphatic rings. The van der Waals surface area contributed by atoms with Gasteiger partial charge in [0.05, 0.1) is 0 Å². The molecule has 1 heterocycles. The largest absolute Gasteiger partial charge is 0.344 e. The summed E-state index contributed by atoms with van der Waals surface area (Å²) in [6.07, 6.45) is 4.23. The molecule has 1 N–H and O–H groups in total. The second-order valence-corrected chi connectivity index (χ2v) is 7.15. The number of hydrogen-bond donors (Lipinski definition) is 1. The molecule has 0 radical (unpaired) electrons. The number of nitrogens with one attached hydrogen (secondary N) is 1. The smallest absolute Gasteiger partial charge is 0.311 e. The lowest BCUT2D eigenvalue weighted by Crippen LogP contribution is -2.52. The van der Waals surface area contributed by atoms with E-state index in [-0.39, 0.29) is 0 Å². The summed E-state index contributed by atoms with van der Waals surface area (Å²) in [6, 6.07) is 17.3. The maximum atomic E-state index is 12.3. The van der Waals surface area contributed by atoms with Gasteiger partial charge in [0.1, 0.15) is 0 Å². The molecule has 0 bridgehead atoms. The zero-order valence-electron chi connectivity index (χ0n) is 15.7. The normalized spacial score (nSPS) is 15.0.